The summed E-state index contributed by atoms with van der Waals surface area (Å²) in [6.45, 7) is 0. The summed E-state index contributed by atoms with van der Waals surface area (Å²) in [5, 5.41) is 0.845. The molecule has 0 radical (unpaired) electrons. The summed E-state index contributed by atoms with van der Waals surface area (Å²) in [5.41, 5.74) is 6.01. The second-order valence-corrected chi connectivity index (χ2v) is 3.90. The lowest BCUT2D eigenvalue weighted by molar-refractivity contribution is 0.463. The minimum Gasteiger partial charge on any atom is -0.436 e. The van der Waals surface area contributed by atoms with Gasteiger partial charge in [0.25, 0.3) is 0 Å². The zero-order valence-electron chi connectivity index (χ0n) is 8.15. The van der Waals surface area contributed by atoms with Gasteiger partial charge in [0.2, 0.25) is 5.88 Å². The van der Waals surface area contributed by atoms with E-state index in [0.29, 0.717) is 21.5 Å². The first-order chi connectivity index (χ1) is 7.66. The van der Waals surface area contributed by atoms with Gasteiger partial charge in [-0.25, -0.2) is 4.98 Å². The van der Waals surface area contributed by atoms with Crippen molar-refractivity contribution in [3.05, 3.63) is 46.6 Å². The van der Waals surface area contributed by atoms with Gasteiger partial charge in [0.05, 0.1) is 16.9 Å². The fourth-order valence-corrected chi connectivity index (χ4v) is 1.53. The number of nitrogen functional groups attached to an aromatic ring is 1. The average Bonchev–Trinajstić information content (AvgIpc) is 2.25. The minimum absolute atomic E-state index is 0.281. The molecule has 0 unspecified atom stereocenters. The number of hydrogen-bond donors (Lipinski definition) is 1. The molecule has 1 aromatic heterocycles. The van der Waals surface area contributed by atoms with Crippen molar-refractivity contribution < 1.29 is 4.74 Å². The van der Waals surface area contributed by atoms with Crippen molar-refractivity contribution in [1.82, 2.24) is 4.98 Å². The predicted molar refractivity (Wildman–Crippen MR) is 65.2 cm³/mol. The summed E-state index contributed by atoms with van der Waals surface area (Å²) in [4.78, 5) is 3.98. The number of anilines is 1. The number of benzene rings is 1. The Balaban J connectivity index is 2.31. The van der Waals surface area contributed by atoms with Crippen LogP contribution in [0.5, 0.6) is 11.6 Å². The van der Waals surface area contributed by atoms with Gasteiger partial charge in [-0.1, -0.05) is 35.3 Å². The number of nitrogens with zero attached hydrogens (tertiary/aromatic N) is 1. The molecule has 16 heavy (non-hydrogen) atoms. The fourth-order valence-electron chi connectivity index (χ4n) is 1.15. The number of pyridine rings is 1. The van der Waals surface area contributed by atoms with E-state index in [2.05, 4.69) is 4.98 Å². The van der Waals surface area contributed by atoms with Crippen LogP contribution in [0, 0.1) is 0 Å². The zero-order valence-corrected chi connectivity index (χ0v) is 9.66. The van der Waals surface area contributed by atoms with Crippen LogP contribution in [-0.2, 0) is 0 Å². The molecule has 0 bridgehead atoms. The van der Waals surface area contributed by atoms with Gasteiger partial charge in [-0.15, -0.1) is 0 Å². The first kappa shape index (κ1) is 11.0. The number of halogens is 2. The second kappa shape index (κ2) is 4.60. The smallest absolute Gasteiger partial charge is 0.238 e. The summed E-state index contributed by atoms with van der Waals surface area (Å²) >= 11 is 11.9. The molecule has 5 heteroatoms. The van der Waals surface area contributed by atoms with E-state index in [4.69, 9.17) is 33.7 Å². The fraction of sp³-hybridized carbons (Fsp3) is 0. The molecule has 0 aliphatic heterocycles. The molecule has 0 aliphatic carbocycles. The Morgan fingerprint density at radius 3 is 2.56 bits per heavy atom. The van der Waals surface area contributed by atoms with Crippen LogP contribution in [0.4, 0.5) is 5.69 Å². The van der Waals surface area contributed by atoms with Crippen molar-refractivity contribution in [3.63, 3.8) is 0 Å². The van der Waals surface area contributed by atoms with E-state index in [1.807, 2.05) is 12.1 Å². The summed E-state index contributed by atoms with van der Waals surface area (Å²) in [6, 6.07) is 8.65. The number of aromatic nitrogens is 1. The third-order valence-electron chi connectivity index (χ3n) is 1.87. The van der Waals surface area contributed by atoms with Crippen LogP contribution < -0.4 is 10.5 Å². The number of rotatable bonds is 2. The first-order valence-electron chi connectivity index (χ1n) is 4.50. The SMILES string of the molecule is Nc1cnc(Oc2ccccc2Cl)c(Cl)c1. The lowest BCUT2D eigenvalue weighted by Gasteiger charge is -2.07. The predicted octanol–water partition coefficient (Wildman–Crippen LogP) is 3.76. The number of nitrogens with two attached hydrogens (primary N) is 1. The molecule has 0 amide bonds. The van der Waals surface area contributed by atoms with Crippen molar-refractivity contribution in [3.8, 4) is 11.6 Å². The van der Waals surface area contributed by atoms with Gasteiger partial charge in [-0.05, 0) is 18.2 Å². The molecule has 2 aromatic rings. The molecule has 2 N–H and O–H groups in total. The molecule has 0 aliphatic rings. The summed E-state index contributed by atoms with van der Waals surface area (Å²) in [7, 11) is 0. The van der Waals surface area contributed by atoms with Crippen LogP contribution >= 0.6 is 23.2 Å². The molecular formula is C11H8Cl2N2O. The van der Waals surface area contributed by atoms with E-state index in [9.17, 15) is 0 Å². The van der Waals surface area contributed by atoms with Gasteiger partial charge in [0.15, 0.2) is 0 Å². The highest BCUT2D eigenvalue weighted by Gasteiger charge is 2.07. The Bertz CT molecular complexity index is 517. The maximum Gasteiger partial charge on any atom is 0.238 e. The van der Waals surface area contributed by atoms with Gasteiger partial charge in [0, 0.05) is 0 Å². The first-order valence-corrected chi connectivity index (χ1v) is 5.26. The van der Waals surface area contributed by atoms with Crippen molar-refractivity contribution in [2.75, 3.05) is 5.73 Å². The molecular weight excluding hydrogens is 247 g/mol. The van der Waals surface area contributed by atoms with Crippen LogP contribution in [0.3, 0.4) is 0 Å². The Morgan fingerprint density at radius 1 is 1.12 bits per heavy atom. The third-order valence-corrected chi connectivity index (χ3v) is 2.45. The Hall–Kier alpha value is -1.45. The number of ether oxygens (including phenoxy) is 1. The molecule has 0 fully saturated rings. The van der Waals surface area contributed by atoms with E-state index in [1.165, 1.54) is 6.20 Å². The Labute approximate surface area is 103 Å². The standard InChI is InChI=1S/C11H8Cl2N2O/c12-8-3-1-2-4-10(8)16-11-9(13)5-7(14)6-15-11/h1-6H,14H2. The highest BCUT2D eigenvalue weighted by atomic mass is 35.5. The summed E-state index contributed by atoms with van der Waals surface area (Å²) in [5.74, 6) is 0.785. The van der Waals surface area contributed by atoms with E-state index in [1.54, 1.807) is 18.2 Å². The third kappa shape index (κ3) is 2.38. The summed E-state index contributed by atoms with van der Waals surface area (Å²) in [6.07, 6.45) is 1.47. The monoisotopic (exact) mass is 254 g/mol. The van der Waals surface area contributed by atoms with Crippen LogP contribution in [-0.4, -0.2) is 4.98 Å². The van der Waals surface area contributed by atoms with Crippen molar-refractivity contribution >= 4 is 28.9 Å². The van der Waals surface area contributed by atoms with Crippen molar-refractivity contribution in [2.45, 2.75) is 0 Å². The van der Waals surface area contributed by atoms with Crippen LogP contribution in [0.2, 0.25) is 10.0 Å². The lowest BCUT2D eigenvalue weighted by atomic mass is 10.3. The minimum atomic E-state index is 0.281. The van der Waals surface area contributed by atoms with Crippen LogP contribution in [0.1, 0.15) is 0 Å². The maximum atomic E-state index is 5.94. The zero-order chi connectivity index (χ0) is 11.5. The van der Waals surface area contributed by atoms with Gasteiger partial charge in [0.1, 0.15) is 10.8 Å². The molecule has 1 heterocycles. The molecule has 3 nitrogen and oxygen atoms in total. The highest BCUT2D eigenvalue weighted by Crippen LogP contribution is 2.32. The largest absolute Gasteiger partial charge is 0.436 e. The molecule has 0 atom stereocenters. The van der Waals surface area contributed by atoms with E-state index in [0.717, 1.165) is 0 Å². The lowest BCUT2D eigenvalue weighted by Crippen LogP contribution is -1.92. The van der Waals surface area contributed by atoms with Gasteiger partial charge in [-0.3, -0.25) is 0 Å². The summed E-state index contributed by atoms with van der Waals surface area (Å²) < 4.78 is 5.46. The van der Waals surface area contributed by atoms with Crippen LogP contribution in [0.15, 0.2) is 36.5 Å². The van der Waals surface area contributed by atoms with E-state index < -0.39 is 0 Å². The molecule has 0 spiro atoms. The second-order valence-electron chi connectivity index (χ2n) is 3.09. The van der Waals surface area contributed by atoms with Gasteiger partial charge >= 0.3 is 0 Å². The molecule has 0 saturated heterocycles. The molecule has 82 valence electrons. The van der Waals surface area contributed by atoms with Gasteiger partial charge in [-0.2, -0.15) is 0 Å². The van der Waals surface area contributed by atoms with Crippen LogP contribution in [0.25, 0.3) is 0 Å². The number of hydrogen-bond acceptors (Lipinski definition) is 3. The van der Waals surface area contributed by atoms with Crippen molar-refractivity contribution in [2.24, 2.45) is 0 Å². The van der Waals surface area contributed by atoms with Gasteiger partial charge < -0.3 is 10.5 Å². The average molecular weight is 255 g/mol. The topological polar surface area (TPSA) is 48.1 Å². The molecule has 2 rings (SSSR count). The highest BCUT2D eigenvalue weighted by molar-refractivity contribution is 6.32. The Morgan fingerprint density at radius 2 is 1.88 bits per heavy atom. The van der Waals surface area contributed by atoms with Crippen molar-refractivity contribution in [1.29, 1.82) is 0 Å². The quantitative estimate of drug-likeness (QED) is 0.888. The normalized spacial score (nSPS) is 10.1. The van der Waals surface area contributed by atoms with E-state index in [-0.39, 0.29) is 5.88 Å². The Kier molecular flexibility index (Phi) is 3.17. The molecule has 0 saturated carbocycles. The maximum absolute atomic E-state index is 5.94. The number of para-hydroxylation sites is 1. The van der Waals surface area contributed by atoms with E-state index >= 15 is 0 Å². The molecule has 1 aromatic carbocycles.